The number of hydrogen-bond donors (Lipinski definition) is 1. The number of aryl methyl sites for hydroxylation is 1. The smallest absolute Gasteiger partial charge is 0.271 e. The number of rotatable bonds is 5. The average molecular weight is 332 g/mol. The van der Waals surface area contributed by atoms with Crippen molar-refractivity contribution in [1.29, 1.82) is 0 Å². The number of hydrogen-bond acceptors (Lipinski definition) is 3. The summed E-state index contributed by atoms with van der Waals surface area (Å²) in [6.45, 7) is 1.90. The van der Waals surface area contributed by atoms with Crippen LogP contribution in [0.15, 0.2) is 41.3 Å². The first-order chi connectivity index (χ1) is 11.2. The van der Waals surface area contributed by atoms with E-state index in [1.165, 1.54) is 31.0 Å². The summed E-state index contributed by atoms with van der Waals surface area (Å²) in [5.41, 5.74) is 1.15. The first kappa shape index (κ1) is 16.1. The van der Waals surface area contributed by atoms with Crippen molar-refractivity contribution in [2.45, 2.75) is 32.1 Å². The number of H-pyrrole nitrogens is 1. The van der Waals surface area contributed by atoms with Crippen molar-refractivity contribution in [2.24, 2.45) is 5.92 Å². The van der Waals surface area contributed by atoms with Gasteiger partial charge in [0.05, 0.1) is 6.20 Å². The Hall–Kier alpha value is -1.81. The van der Waals surface area contributed by atoms with E-state index in [0.717, 1.165) is 25.9 Å². The van der Waals surface area contributed by atoms with E-state index in [4.69, 9.17) is 11.6 Å². The fourth-order valence-electron chi connectivity index (χ4n) is 3.26. The summed E-state index contributed by atoms with van der Waals surface area (Å²) in [5, 5.41) is 0.144. The zero-order chi connectivity index (χ0) is 16.1. The molecule has 0 saturated carbocycles. The van der Waals surface area contributed by atoms with E-state index in [9.17, 15) is 4.79 Å². The van der Waals surface area contributed by atoms with E-state index in [-0.39, 0.29) is 10.6 Å². The minimum atomic E-state index is -0.261. The molecular formula is C18H22ClN3O. The van der Waals surface area contributed by atoms with Crippen molar-refractivity contribution in [3.8, 4) is 0 Å². The maximum Gasteiger partial charge on any atom is 0.271 e. The Morgan fingerprint density at radius 3 is 2.91 bits per heavy atom. The highest BCUT2D eigenvalue weighted by atomic mass is 35.5. The molecule has 1 aromatic carbocycles. The van der Waals surface area contributed by atoms with Crippen LogP contribution in [0.2, 0.25) is 5.02 Å². The lowest BCUT2D eigenvalue weighted by Gasteiger charge is -2.33. The second-order valence-electron chi connectivity index (χ2n) is 6.22. The van der Waals surface area contributed by atoms with Crippen LogP contribution < -0.4 is 10.5 Å². The molecule has 1 N–H and O–H groups in total. The van der Waals surface area contributed by atoms with E-state index in [1.807, 2.05) is 0 Å². The molecule has 0 spiro atoms. The standard InChI is InChI=1S/C18H22ClN3O/c19-16-12-20-18(21-17(16)23)22-11-5-10-15(13-22)9-4-8-14-6-2-1-3-7-14/h1-3,6-7,12,15H,4-5,8-11,13H2,(H,20,21,23). The molecule has 0 bridgehead atoms. The summed E-state index contributed by atoms with van der Waals surface area (Å²) >= 11 is 5.75. The predicted molar refractivity (Wildman–Crippen MR) is 94.2 cm³/mol. The van der Waals surface area contributed by atoms with Crippen LogP contribution in [0.25, 0.3) is 0 Å². The maximum atomic E-state index is 11.6. The number of aromatic nitrogens is 2. The summed E-state index contributed by atoms with van der Waals surface area (Å²) in [7, 11) is 0. The first-order valence-corrected chi connectivity index (χ1v) is 8.64. The molecule has 1 saturated heterocycles. The first-order valence-electron chi connectivity index (χ1n) is 8.26. The molecule has 4 nitrogen and oxygen atoms in total. The Morgan fingerprint density at radius 2 is 2.13 bits per heavy atom. The van der Waals surface area contributed by atoms with Crippen LogP contribution in [0.4, 0.5) is 5.95 Å². The topological polar surface area (TPSA) is 49.0 Å². The quantitative estimate of drug-likeness (QED) is 0.909. The second kappa shape index (κ2) is 7.64. The minimum Gasteiger partial charge on any atom is -0.342 e. The molecule has 1 aliphatic rings. The molecule has 1 fully saturated rings. The van der Waals surface area contributed by atoms with Gasteiger partial charge in [-0.2, -0.15) is 0 Å². The molecule has 0 amide bonds. The molecule has 3 rings (SSSR count). The summed E-state index contributed by atoms with van der Waals surface area (Å²) < 4.78 is 0. The molecule has 2 heterocycles. The van der Waals surface area contributed by atoms with Gasteiger partial charge in [-0.15, -0.1) is 0 Å². The Kier molecular flexibility index (Phi) is 5.34. The van der Waals surface area contributed by atoms with E-state index in [2.05, 4.69) is 45.2 Å². The number of nitrogens with zero attached hydrogens (tertiary/aromatic N) is 2. The Bertz CT molecular complexity index is 686. The molecule has 0 aliphatic carbocycles. The summed E-state index contributed by atoms with van der Waals surface area (Å²) in [4.78, 5) is 20.9. The van der Waals surface area contributed by atoms with Gasteiger partial charge < -0.3 is 4.90 Å². The van der Waals surface area contributed by atoms with Crippen LogP contribution in [-0.4, -0.2) is 23.1 Å². The molecule has 1 unspecified atom stereocenters. The lowest BCUT2D eigenvalue weighted by atomic mass is 9.92. The van der Waals surface area contributed by atoms with Crippen molar-refractivity contribution in [2.75, 3.05) is 18.0 Å². The summed E-state index contributed by atoms with van der Waals surface area (Å²) in [6, 6.07) is 10.6. The van der Waals surface area contributed by atoms with Gasteiger partial charge in [-0.3, -0.25) is 9.78 Å². The Labute approximate surface area is 141 Å². The molecule has 1 aromatic heterocycles. The molecule has 23 heavy (non-hydrogen) atoms. The van der Waals surface area contributed by atoms with Gasteiger partial charge >= 0.3 is 0 Å². The number of benzene rings is 1. The van der Waals surface area contributed by atoms with Crippen molar-refractivity contribution in [1.82, 2.24) is 9.97 Å². The van der Waals surface area contributed by atoms with Crippen LogP contribution in [0.1, 0.15) is 31.2 Å². The van der Waals surface area contributed by atoms with Crippen LogP contribution in [0.5, 0.6) is 0 Å². The third-order valence-electron chi connectivity index (χ3n) is 4.48. The largest absolute Gasteiger partial charge is 0.342 e. The number of halogens is 1. The average Bonchev–Trinajstić information content (AvgIpc) is 2.59. The fourth-order valence-corrected chi connectivity index (χ4v) is 3.36. The van der Waals surface area contributed by atoms with E-state index < -0.39 is 0 Å². The van der Waals surface area contributed by atoms with E-state index in [1.54, 1.807) is 0 Å². The van der Waals surface area contributed by atoms with E-state index >= 15 is 0 Å². The fraction of sp³-hybridized carbons (Fsp3) is 0.444. The van der Waals surface area contributed by atoms with Gasteiger partial charge in [0.2, 0.25) is 5.95 Å². The SMILES string of the molecule is O=c1[nH]c(N2CCCC(CCCc3ccccc3)C2)ncc1Cl. The molecular weight excluding hydrogens is 310 g/mol. The van der Waals surface area contributed by atoms with Gasteiger partial charge in [0.25, 0.3) is 5.56 Å². The van der Waals surface area contributed by atoms with Crippen LogP contribution >= 0.6 is 11.6 Å². The van der Waals surface area contributed by atoms with Crippen molar-refractivity contribution in [3.63, 3.8) is 0 Å². The van der Waals surface area contributed by atoms with Gasteiger partial charge in [-0.1, -0.05) is 41.9 Å². The molecule has 5 heteroatoms. The third kappa shape index (κ3) is 4.35. The van der Waals surface area contributed by atoms with Crippen LogP contribution in [0.3, 0.4) is 0 Å². The molecule has 1 atom stereocenters. The van der Waals surface area contributed by atoms with Crippen molar-refractivity contribution >= 4 is 17.5 Å². The number of nitrogens with one attached hydrogen (secondary N) is 1. The normalized spacial score (nSPS) is 18.1. The lowest BCUT2D eigenvalue weighted by Crippen LogP contribution is -2.37. The Morgan fingerprint density at radius 1 is 1.30 bits per heavy atom. The van der Waals surface area contributed by atoms with Crippen molar-refractivity contribution < 1.29 is 0 Å². The highest BCUT2D eigenvalue weighted by molar-refractivity contribution is 6.30. The highest BCUT2D eigenvalue weighted by Gasteiger charge is 2.21. The zero-order valence-electron chi connectivity index (χ0n) is 13.2. The highest BCUT2D eigenvalue weighted by Crippen LogP contribution is 2.24. The summed E-state index contributed by atoms with van der Waals surface area (Å²) in [6.07, 6.45) is 7.38. The minimum absolute atomic E-state index is 0.144. The van der Waals surface area contributed by atoms with Gasteiger partial charge in [-0.05, 0) is 43.6 Å². The zero-order valence-corrected chi connectivity index (χ0v) is 13.9. The van der Waals surface area contributed by atoms with Gasteiger partial charge in [-0.25, -0.2) is 4.98 Å². The van der Waals surface area contributed by atoms with Crippen LogP contribution in [-0.2, 0) is 6.42 Å². The number of piperidine rings is 1. The molecule has 122 valence electrons. The number of aromatic amines is 1. The monoisotopic (exact) mass is 331 g/mol. The third-order valence-corrected chi connectivity index (χ3v) is 4.75. The molecule has 0 radical (unpaired) electrons. The summed E-state index contributed by atoms with van der Waals surface area (Å²) in [5.74, 6) is 1.31. The van der Waals surface area contributed by atoms with Crippen LogP contribution in [0, 0.1) is 5.92 Å². The predicted octanol–water partition coefficient (Wildman–Crippen LogP) is 3.66. The molecule has 2 aromatic rings. The lowest BCUT2D eigenvalue weighted by molar-refractivity contribution is 0.379. The second-order valence-corrected chi connectivity index (χ2v) is 6.62. The van der Waals surface area contributed by atoms with E-state index in [0.29, 0.717) is 11.9 Å². The van der Waals surface area contributed by atoms with Crippen molar-refractivity contribution in [3.05, 3.63) is 57.5 Å². The number of anilines is 1. The Balaban J connectivity index is 1.53. The maximum absolute atomic E-state index is 11.6. The van der Waals surface area contributed by atoms with Gasteiger partial charge in [0.15, 0.2) is 0 Å². The van der Waals surface area contributed by atoms with Gasteiger partial charge in [0.1, 0.15) is 5.02 Å². The van der Waals surface area contributed by atoms with Gasteiger partial charge in [0, 0.05) is 13.1 Å². The molecule has 1 aliphatic heterocycles.